The minimum absolute atomic E-state index is 0.0161. The van der Waals surface area contributed by atoms with E-state index in [2.05, 4.69) is 15.1 Å². The summed E-state index contributed by atoms with van der Waals surface area (Å²) >= 11 is 0. The molecule has 0 saturated heterocycles. The van der Waals surface area contributed by atoms with Crippen LogP contribution in [0.3, 0.4) is 0 Å². The van der Waals surface area contributed by atoms with Crippen LogP contribution in [-0.4, -0.2) is 25.3 Å². The average molecular weight is 243 g/mol. The Morgan fingerprint density at radius 2 is 2.06 bits per heavy atom. The summed E-state index contributed by atoms with van der Waals surface area (Å²) < 4.78 is 5.06. The van der Waals surface area contributed by atoms with E-state index in [0.717, 1.165) is 0 Å². The second-order valence-corrected chi connectivity index (χ2v) is 3.71. The van der Waals surface area contributed by atoms with Gasteiger partial charge in [0.1, 0.15) is 11.5 Å². The molecule has 1 aromatic carbocycles. The van der Waals surface area contributed by atoms with Crippen LogP contribution in [-0.2, 0) is 0 Å². The molecule has 0 amide bonds. The molecule has 6 heteroatoms. The monoisotopic (exact) mass is 243 g/mol. The first-order valence-corrected chi connectivity index (χ1v) is 5.24. The number of hydrogen-bond donors (Lipinski definition) is 3. The van der Waals surface area contributed by atoms with E-state index in [9.17, 15) is 10.2 Å². The highest BCUT2D eigenvalue weighted by atomic mass is 16.5. The minimum Gasteiger partial charge on any atom is -0.508 e. The van der Waals surface area contributed by atoms with Crippen molar-refractivity contribution < 1.29 is 14.7 Å². The van der Waals surface area contributed by atoms with Gasteiger partial charge in [0.25, 0.3) is 5.89 Å². The molecule has 0 fully saturated rings. The van der Waals surface area contributed by atoms with Crippen LogP contribution >= 0.6 is 0 Å². The van der Waals surface area contributed by atoms with Crippen LogP contribution in [0.1, 0.15) is 0 Å². The van der Waals surface area contributed by atoms with Crippen LogP contribution in [0.4, 0.5) is 0 Å². The number of hydrogen-bond acceptors (Lipinski definition) is 5. The molecule has 18 heavy (non-hydrogen) atoms. The lowest BCUT2D eigenvalue weighted by Gasteiger charge is -1.99. The van der Waals surface area contributed by atoms with Crippen LogP contribution in [0.15, 0.2) is 41.1 Å². The molecule has 0 unspecified atom stereocenters. The lowest BCUT2D eigenvalue weighted by Crippen LogP contribution is -1.81. The Morgan fingerprint density at radius 3 is 2.83 bits per heavy atom. The van der Waals surface area contributed by atoms with E-state index in [1.807, 2.05) is 6.07 Å². The first kappa shape index (κ1) is 10.4. The maximum atomic E-state index is 9.68. The topological polar surface area (TPSA) is 95.2 Å². The van der Waals surface area contributed by atoms with E-state index in [4.69, 9.17) is 4.52 Å². The summed E-state index contributed by atoms with van der Waals surface area (Å²) in [4.78, 5) is 7.09. The van der Waals surface area contributed by atoms with Gasteiger partial charge < -0.3 is 19.7 Å². The normalized spacial score (nSPS) is 10.7. The van der Waals surface area contributed by atoms with Gasteiger partial charge in [0, 0.05) is 6.20 Å². The molecule has 0 atom stereocenters. The molecule has 3 aromatic rings. The van der Waals surface area contributed by atoms with Gasteiger partial charge in [-0.3, -0.25) is 0 Å². The lowest BCUT2D eigenvalue weighted by atomic mass is 10.2. The number of aromatic nitrogens is 3. The SMILES string of the molecule is Oc1ccc(O)c(-c2nc(-c3ccc[nH]3)no2)c1. The Hall–Kier alpha value is -2.76. The van der Waals surface area contributed by atoms with Gasteiger partial charge >= 0.3 is 0 Å². The van der Waals surface area contributed by atoms with E-state index in [1.165, 1.54) is 18.2 Å². The van der Waals surface area contributed by atoms with E-state index < -0.39 is 0 Å². The first-order chi connectivity index (χ1) is 8.74. The second kappa shape index (κ2) is 3.92. The molecule has 3 rings (SSSR count). The fourth-order valence-electron chi connectivity index (χ4n) is 1.61. The maximum absolute atomic E-state index is 9.68. The van der Waals surface area contributed by atoms with E-state index in [-0.39, 0.29) is 17.4 Å². The predicted molar refractivity (Wildman–Crippen MR) is 62.9 cm³/mol. The molecule has 90 valence electrons. The lowest BCUT2D eigenvalue weighted by molar-refractivity contribution is 0.423. The van der Waals surface area contributed by atoms with Gasteiger partial charge in [-0.25, -0.2) is 0 Å². The zero-order valence-corrected chi connectivity index (χ0v) is 9.16. The molecule has 0 radical (unpaired) electrons. The molecular formula is C12H9N3O3. The highest BCUT2D eigenvalue weighted by molar-refractivity contribution is 5.65. The summed E-state index contributed by atoms with van der Waals surface area (Å²) in [5.41, 5.74) is 1.00. The molecule has 0 bridgehead atoms. The van der Waals surface area contributed by atoms with Crippen molar-refractivity contribution in [1.29, 1.82) is 0 Å². The molecule has 2 aromatic heterocycles. The molecule has 0 aliphatic heterocycles. The summed E-state index contributed by atoms with van der Waals surface area (Å²) in [6, 6.07) is 7.72. The molecular weight excluding hydrogens is 234 g/mol. The van der Waals surface area contributed by atoms with Crippen LogP contribution < -0.4 is 0 Å². The molecule has 6 nitrogen and oxygen atoms in total. The third-order valence-electron chi connectivity index (χ3n) is 2.48. The number of nitrogens with zero attached hydrogens (tertiary/aromatic N) is 2. The van der Waals surface area contributed by atoms with Crippen molar-refractivity contribution in [3.63, 3.8) is 0 Å². The van der Waals surface area contributed by atoms with Crippen LogP contribution in [0.5, 0.6) is 11.5 Å². The fraction of sp³-hybridized carbons (Fsp3) is 0. The average Bonchev–Trinajstić information content (AvgIpc) is 3.00. The number of rotatable bonds is 2. The number of phenols is 2. The largest absolute Gasteiger partial charge is 0.508 e. The van der Waals surface area contributed by atoms with Crippen molar-refractivity contribution in [2.75, 3.05) is 0 Å². The number of aromatic hydroxyl groups is 2. The number of nitrogens with one attached hydrogen (secondary N) is 1. The van der Waals surface area contributed by atoms with E-state index >= 15 is 0 Å². The minimum atomic E-state index is -0.0329. The molecule has 0 spiro atoms. The standard InChI is InChI=1S/C12H9N3O3/c16-7-3-4-10(17)8(6-7)12-14-11(15-18-12)9-2-1-5-13-9/h1-6,13,16-17H. The third kappa shape index (κ3) is 1.69. The van der Waals surface area contributed by atoms with Crippen LogP contribution in [0.2, 0.25) is 0 Å². The summed E-state index contributed by atoms with van der Waals surface area (Å²) in [7, 11) is 0. The highest BCUT2D eigenvalue weighted by Crippen LogP contribution is 2.31. The molecule has 0 aliphatic carbocycles. The number of benzene rings is 1. The first-order valence-electron chi connectivity index (χ1n) is 5.24. The van der Waals surface area contributed by atoms with Gasteiger partial charge in [-0.15, -0.1) is 0 Å². The Kier molecular flexibility index (Phi) is 2.26. The Morgan fingerprint density at radius 1 is 1.17 bits per heavy atom. The van der Waals surface area contributed by atoms with Crippen molar-refractivity contribution in [2.45, 2.75) is 0 Å². The molecule has 0 aliphatic rings. The van der Waals surface area contributed by atoms with Crippen molar-refractivity contribution in [2.24, 2.45) is 0 Å². The molecule has 2 heterocycles. The van der Waals surface area contributed by atoms with Crippen molar-refractivity contribution in [3.05, 3.63) is 36.5 Å². The third-order valence-corrected chi connectivity index (χ3v) is 2.48. The number of aromatic amines is 1. The van der Waals surface area contributed by atoms with Gasteiger partial charge in [0.05, 0.1) is 11.3 Å². The second-order valence-electron chi connectivity index (χ2n) is 3.71. The van der Waals surface area contributed by atoms with E-state index in [0.29, 0.717) is 17.1 Å². The van der Waals surface area contributed by atoms with Gasteiger partial charge in [0.2, 0.25) is 5.82 Å². The van der Waals surface area contributed by atoms with Gasteiger partial charge in [-0.2, -0.15) is 4.98 Å². The Bertz CT molecular complexity index is 674. The Labute approximate surface area is 102 Å². The number of phenolic OH excluding ortho intramolecular Hbond substituents is 2. The smallest absolute Gasteiger partial charge is 0.262 e. The highest BCUT2D eigenvalue weighted by Gasteiger charge is 2.14. The zero-order chi connectivity index (χ0) is 12.5. The Balaban J connectivity index is 2.05. The van der Waals surface area contributed by atoms with Crippen LogP contribution in [0, 0.1) is 0 Å². The van der Waals surface area contributed by atoms with Crippen molar-refractivity contribution in [3.8, 4) is 34.5 Å². The zero-order valence-electron chi connectivity index (χ0n) is 9.16. The summed E-state index contributed by atoms with van der Waals surface area (Å²) in [5.74, 6) is 0.516. The summed E-state index contributed by atoms with van der Waals surface area (Å²) in [5, 5.41) is 22.9. The predicted octanol–water partition coefficient (Wildman–Crippen LogP) is 2.14. The summed E-state index contributed by atoms with van der Waals surface area (Å²) in [6.45, 7) is 0. The maximum Gasteiger partial charge on any atom is 0.262 e. The molecule has 3 N–H and O–H groups in total. The molecule has 0 saturated carbocycles. The summed E-state index contributed by atoms with van der Waals surface area (Å²) in [6.07, 6.45) is 1.75. The number of H-pyrrole nitrogens is 1. The van der Waals surface area contributed by atoms with E-state index in [1.54, 1.807) is 12.3 Å². The van der Waals surface area contributed by atoms with Gasteiger partial charge in [-0.1, -0.05) is 5.16 Å². The van der Waals surface area contributed by atoms with Crippen LogP contribution in [0.25, 0.3) is 23.0 Å². The quantitative estimate of drug-likeness (QED) is 0.599. The fourth-order valence-corrected chi connectivity index (χ4v) is 1.61. The van der Waals surface area contributed by atoms with Crippen molar-refractivity contribution in [1.82, 2.24) is 15.1 Å². The van der Waals surface area contributed by atoms with Crippen molar-refractivity contribution >= 4 is 0 Å². The van der Waals surface area contributed by atoms with Gasteiger partial charge in [0.15, 0.2) is 0 Å². The van der Waals surface area contributed by atoms with Gasteiger partial charge in [-0.05, 0) is 30.3 Å².